The van der Waals surface area contributed by atoms with Gasteiger partial charge in [-0.3, -0.25) is 10.1 Å². The third-order valence-electron chi connectivity index (χ3n) is 2.26. The fourth-order valence-electron chi connectivity index (χ4n) is 1.58. The van der Waals surface area contributed by atoms with Gasteiger partial charge in [-0.25, -0.2) is 9.78 Å². The Balaban J connectivity index is 2.97. The van der Waals surface area contributed by atoms with Crippen molar-refractivity contribution in [1.29, 1.82) is 0 Å². The Morgan fingerprint density at radius 3 is 2.76 bits per heavy atom. The number of carboxylic acid groups (broad SMARTS) is 1. The standard InChI is InChI=1S/C10H6N2O5/c13-7-4-6(12(16)17)9-5(2-1-3-11-9)8(7)10(14)15/h1-4,13H,(H,14,15). The lowest BCUT2D eigenvalue weighted by atomic mass is 10.1. The average molecular weight is 234 g/mol. The number of nitro groups is 1. The summed E-state index contributed by atoms with van der Waals surface area (Å²) in [5.74, 6) is -2.01. The number of carboxylic acids is 1. The van der Waals surface area contributed by atoms with E-state index in [4.69, 9.17) is 5.11 Å². The van der Waals surface area contributed by atoms with Crippen molar-refractivity contribution in [1.82, 2.24) is 4.98 Å². The second kappa shape index (κ2) is 3.71. The molecule has 2 rings (SSSR count). The molecule has 0 unspecified atom stereocenters. The van der Waals surface area contributed by atoms with E-state index in [1.165, 1.54) is 18.3 Å². The monoisotopic (exact) mass is 234 g/mol. The number of hydrogen-bond donors (Lipinski definition) is 2. The number of nitro benzene ring substituents is 1. The van der Waals surface area contributed by atoms with Gasteiger partial charge in [-0.1, -0.05) is 6.07 Å². The maximum atomic E-state index is 11.0. The Hall–Kier alpha value is -2.70. The largest absolute Gasteiger partial charge is 0.507 e. The summed E-state index contributed by atoms with van der Waals surface area (Å²) in [5, 5.41) is 29.2. The molecule has 0 bridgehead atoms. The fourth-order valence-corrected chi connectivity index (χ4v) is 1.58. The SMILES string of the molecule is O=C(O)c1c(O)cc([N+](=O)[O-])c2ncccc12. The molecule has 7 nitrogen and oxygen atoms in total. The van der Waals surface area contributed by atoms with E-state index in [1.54, 1.807) is 0 Å². The Morgan fingerprint density at radius 2 is 2.18 bits per heavy atom. The van der Waals surface area contributed by atoms with Crippen LogP contribution in [0.1, 0.15) is 10.4 Å². The summed E-state index contributed by atoms with van der Waals surface area (Å²) >= 11 is 0. The third-order valence-corrected chi connectivity index (χ3v) is 2.26. The molecule has 2 aromatic rings. The van der Waals surface area contributed by atoms with Gasteiger partial charge in [0.2, 0.25) is 0 Å². The summed E-state index contributed by atoms with van der Waals surface area (Å²) in [4.78, 5) is 24.8. The van der Waals surface area contributed by atoms with Crippen LogP contribution in [0, 0.1) is 10.1 Å². The second-order valence-electron chi connectivity index (χ2n) is 3.25. The van der Waals surface area contributed by atoms with Crippen LogP contribution in [0.2, 0.25) is 0 Å². The maximum Gasteiger partial charge on any atom is 0.340 e. The van der Waals surface area contributed by atoms with E-state index in [1.807, 2.05) is 0 Å². The van der Waals surface area contributed by atoms with Gasteiger partial charge >= 0.3 is 5.97 Å². The van der Waals surface area contributed by atoms with Crippen LogP contribution in [0.5, 0.6) is 5.75 Å². The Bertz CT molecular complexity index is 638. The van der Waals surface area contributed by atoms with Crippen molar-refractivity contribution in [2.75, 3.05) is 0 Å². The second-order valence-corrected chi connectivity index (χ2v) is 3.25. The van der Waals surface area contributed by atoms with Crippen LogP contribution in [-0.2, 0) is 0 Å². The first-order valence-corrected chi connectivity index (χ1v) is 4.50. The quantitative estimate of drug-likeness (QED) is 0.601. The molecule has 0 aliphatic heterocycles. The molecular weight excluding hydrogens is 228 g/mol. The predicted molar refractivity (Wildman–Crippen MR) is 57.0 cm³/mol. The van der Waals surface area contributed by atoms with E-state index in [-0.39, 0.29) is 10.9 Å². The highest BCUT2D eigenvalue weighted by Gasteiger charge is 2.23. The molecule has 0 radical (unpaired) electrons. The molecule has 0 aliphatic rings. The first kappa shape index (κ1) is 10.8. The van der Waals surface area contributed by atoms with Crippen LogP contribution in [0.4, 0.5) is 5.69 Å². The van der Waals surface area contributed by atoms with Gasteiger partial charge in [0.15, 0.2) is 0 Å². The molecule has 0 spiro atoms. The molecule has 17 heavy (non-hydrogen) atoms. The molecule has 1 heterocycles. The molecule has 0 fully saturated rings. The molecule has 0 saturated carbocycles. The molecule has 0 amide bonds. The zero-order valence-corrected chi connectivity index (χ0v) is 8.32. The number of nitrogens with zero attached hydrogens (tertiary/aromatic N) is 2. The van der Waals surface area contributed by atoms with Gasteiger partial charge < -0.3 is 10.2 Å². The van der Waals surface area contributed by atoms with Gasteiger partial charge in [-0.15, -0.1) is 0 Å². The number of benzene rings is 1. The van der Waals surface area contributed by atoms with Gasteiger partial charge in [0.05, 0.1) is 11.0 Å². The van der Waals surface area contributed by atoms with Gasteiger partial charge in [-0.05, 0) is 6.07 Å². The maximum absolute atomic E-state index is 11.0. The van der Waals surface area contributed by atoms with Crippen molar-refractivity contribution in [3.63, 3.8) is 0 Å². The van der Waals surface area contributed by atoms with Crippen molar-refractivity contribution < 1.29 is 19.9 Å². The summed E-state index contributed by atoms with van der Waals surface area (Å²) in [6.45, 7) is 0. The van der Waals surface area contributed by atoms with Crippen LogP contribution in [0.3, 0.4) is 0 Å². The lowest BCUT2D eigenvalue weighted by molar-refractivity contribution is -0.383. The van der Waals surface area contributed by atoms with Crippen LogP contribution >= 0.6 is 0 Å². The predicted octanol–water partition coefficient (Wildman–Crippen LogP) is 1.55. The highest BCUT2D eigenvalue weighted by atomic mass is 16.6. The van der Waals surface area contributed by atoms with Crippen LogP contribution < -0.4 is 0 Å². The minimum atomic E-state index is -1.37. The first-order chi connectivity index (χ1) is 8.02. The average Bonchev–Trinajstić information content (AvgIpc) is 2.27. The van der Waals surface area contributed by atoms with Gasteiger partial charge in [0.25, 0.3) is 5.69 Å². The smallest absolute Gasteiger partial charge is 0.340 e. The van der Waals surface area contributed by atoms with Crippen LogP contribution in [-0.4, -0.2) is 26.1 Å². The number of phenols is 1. The number of carbonyl (C=O) groups is 1. The zero-order valence-electron chi connectivity index (χ0n) is 8.32. The highest BCUT2D eigenvalue weighted by molar-refractivity contribution is 6.07. The topological polar surface area (TPSA) is 114 Å². The molecule has 0 saturated heterocycles. The number of non-ortho nitro benzene ring substituents is 1. The zero-order chi connectivity index (χ0) is 12.6. The number of aromatic nitrogens is 1. The Kier molecular flexibility index (Phi) is 2.36. The van der Waals surface area contributed by atoms with Crippen LogP contribution in [0.25, 0.3) is 10.9 Å². The van der Waals surface area contributed by atoms with Crippen molar-refractivity contribution in [2.24, 2.45) is 0 Å². The van der Waals surface area contributed by atoms with E-state index in [0.29, 0.717) is 0 Å². The number of rotatable bonds is 2. The molecule has 86 valence electrons. The summed E-state index contributed by atoms with van der Waals surface area (Å²) in [7, 11) is 0. The summed E-state index contributed by atoms with van der Waals surface area (Å²) in [6, 6.07) is 3.59. The highest BCUT2D eigenvalue weighted by Crippen LogP contribution is 2.33. The lowest BCUT2D eigenvalue weighted by Crippen LogP contribution is -2.01. The van der Waals surface area contributed by atoms with E-state index >= 15 is 0 Å². The van der Waals surface area contributed by atoms with E-state index in [2.05, 4.69) is 4.98 Å². The summed E-state index contributed by atoms with van der Waals surface area (Å²) < 4.78 is 0. The van der Waals surface area contributed by atoms with E-state index in [0.717, 1.165) is 6.07 Å². The van der Waals surface area contributed by atoms with E-state index < -0.39 is 27.9 Å². The number of aromatic carboxylic acids is 1. The first-order valence-electron chi connectivity index (χ1n) is 4.50. The minimum absolute atomic E-state index is 0.0340. The van der Waals surface area contributed by atoms with Crippen LogP contribution in [0.15, 0.2) is 24.4 Å². The van der Waals surface area contributed by atoms with Gasteiger partial charge in [0.1, 0.15) is 16.8 Å². The fraction of sp³-hybridized carbons (Fsp3) is 0. The van der Waals surface area contributed by atoms with E-state index in [9.17, 15) is 20.0 Å². The van der Waals surface area contributed by atoms with Crippen molar-refractivity contribution in [3.05, 3.63) is 40.1 Å². The molecule has 1 aromatic carbocycles. The summed E-state index contributed by atoms with van der Waals surface area (Å²) in [6.07, 6.45) is 1.32. The third kappa shape index (κ3) is 1.63. The minimum Gasteiger partial charge on any atom is -0.507 e. The molecular formula is C10H6N2O5. The normalized spacial score (nSPS) is 10.4. The van der Waals surface area contributed by atoms with Crippen molar-refractivity contribution in [2.45, 2.75) is 0 Å². The molecule has 7 heteroatoms. The number of aromatic hydroxyl groups is 1. The molecule has 2 N–H and O–H groups in total. The van der Waals surface area contributed by atoms with Gasteiger partial charge in [0, 0.05) is 11.6 Å². The molecule has 1 aromatic heterocycles. The van der Waals surface area contributed by atoms with Gasteiger partial charge in [-0.2, -0.15) is 0 Å². The number of fused-ring (bicyclic) bond motifs is 1. The number of pyridine rings is 1. The summed E-state index contributed by atoms with van der Waals surface area (Å²) in [5.41, 5.74) is -0.880. The molecule has 0 aliphatic carbocycles. The Morgan fingerprint density at radius 1 is 1.47 bits per heavy atom. The molecule has 0 atom stereocenters. The lowest BCUT2D eigenvalue weighted by Gasteiger charge is -2.04. The van der Waals surface area contributed by atoms with Crippen molar-refractivity contribution >= 4 is 22.6 Å². The van der Waals surface area contributed by atoms with Crippen molar-refractivity contribution in [3.8, 4) is 5.75 Å². The number of hydrogen-bond acceptors (Lipinski definition) is 5. The Labute approximate surface area is 94.1 Å².